The third-order valence-corrected chi connectivity index (χ3v) is 14.8. The molecule has 3 fully saturated rings. The largest absolute Gasteiger partial charge is 0.463 e. The highest BCUT2D eigenvalue weighted by atomic mass is 33.1. The van der Waals surface area contributed by atoms with Crippen molar-refractivity contribution < 1.29 is 58.8 Å². The quantitative estimate of drug-likeness (QED) is 0.0458. The Kier molecular flexibility index (Phi) is 14.9. The number of carbonyl (C=O) groups excluding carboxylic acids is 3. The molecule has 2 saturated heterocycles. The topological polar surface area (TPSA) is 161 Å². The summed E-state index contributed by atoms with van der Waals surface area (Å²) in [7, 11) is 3.70. The van der Waals surface area contributed by atoms with Gasteiger partial charge in [0, 0.05) is 30.6 Å². The minimum atomic E-state index is -1.53. The third-order valence-electron chi connectivity index (χ3n) is 12.3. The lowest BCUT2D eigenvalue weighted by Gasteiger charge is -2.65. The highest BCUT2D eigenvalue weighted by Crippen LogP contribution is 2.69. The van der Waals surface area contributed by atoms with E-state index in [0.29, 0.717) is 70.4 Å². The zero-order valence-electron chi connectivity index (χ0n) is 32.4. The van der Waals surface area contributed by atoms with Crippen LogP contribution in [0.15, 0.2) is 11.1 Å². The van der Waals surface area contributed by atoms with Crippen molar-refractivity contribution in [1.29, 1.82) is 0 Å². The predicted octanol–water partition coefficient (Wildman–Crippen LogP) is 5.61. The Hall–Kier alpha value is -1.59. The zero-order chi connectivity index (χ0) is 38.3. The van der Waals surface area contributed by atoms with Crippen molar-refractivity contribution in [2.45, 2.75) is 127 Å². The Labute approximate surface area is 323 Å². The van der Waals surface area contributed by atoms with Gasteiger partial charge in [0.2, 0.25) is 0 Å². The van der Waals surface area contributed by atoms with E-state index in [1.54, 1.807) is 10.8 Å². The first-order valence-electron chi connectivity index (χ1n) is 19.4. The molecule has 0 bridgehead atoms. The van der Waals surface area contributed by atoms with Crippen LogP contribution in [0.4, 0.5) is 4.79 Å². The first-order chi connectivity index (χ1) is 25.4. The van der Waals surface area contributed by atoms with Gasteiger partial charge in [-0.1, -0.05) is 55.7 Å². The maximum absolute atomic E-state index is 13.2. The number of hydrogen-bond donors (Lipinski definition) is 2. The van der Waals surface area contributed by atoms with Gasteiger partial charge in [0.15, 0.2) is 18.0 Å². The molecular formula is C38H63NO12S2. The molecule has 0 radical (unpaired) electrons. The van der Waals surface area contributed by atoms with Crippen molar-refractivity contribution in [1.82, 2.24) is 5.32 Å². The van der Waals surface area contributed by atoms with Crippen LogP contribution in [0.1, 0.15) is 93.8 Å². The Morgan fingerprint density at radius 3 is 2.40 bits per heavy atom. The van der Waals surface area contributed by atoms with Crippen LogP contribution in [-0.4, -0.2) is 123 Å². The van der Waals surface area contributed by atoms with E-state index in [-0.39, 0.29) is 51.6 Å². The van der Waals surface area contributed by atoms with Crippen molar-refractivity contribution in [3.63, 3.8) is 0 Å². The lowest BCUT2D eigenvalue weighted by Crippen LogP contribution is -2.78. The van der Waals surface area contributed by atoms with Crippen molar-refractivity contribution in [3.8, 4) is 0 Å². The summed E-state index contributed by atoms with van der Waals surface area (Å²) >= 11 is 0. The minimum Gasteiger partial charge on any atom is -0.463 e. The second kappa shape index (κ2) is 18.6. The molecule has 3 heterocycles. The van der Waals surface area contributed by atoms with Crippen LogP contribution in [0, 0.1) is 17.3 Å². The van der Waals surface area contributed by atoms with E-state index in [4.69, 9.17) is 37.9 Å². The normalized spacial score (nSPS) is 33.4. The summed E-state index contributed by atoms with van der Waals surface area (Å²) in [4.78, 5) is 37.5. The predicted molar refractivity (Wildman–Crippen MR) is 202 cm³/mol. The molecule has 0 spiro atoms. The summed E-state index contributed by atoms with van der Waals surface area (Å²) in [6, 6.07) is 0. The second-order valence-electron chi connectivity index (χ2n) is 15.4. The lowest BCUT2D eigenvalue weighted by atomic mass is 9.46. The van der Waals surface area contributed by atoms with Gasteiger partial charge in [-0.25, -0.2) is 9.59 Å². The van der Waals surface area contributed by atoms with Gasteiger partial charge in [-0.3, -0.25) is 4.79 Å². The maximum atomic E-state index is 13.2. The number of aliphatic hydroxyl groups is 1. The zero-order valence-corrected chi connectivity index (χ0v) is 34.0. The average Bonchev–Trinajstić information content (AvgIpc) is 3.74. The van der Waals surface area contributed by atoms with Gasteiger partial charge in [0.1, 0.15) is 24.4 Å². The molecule has 1 saturated carbocycles. The number of fused-ring (bicyclic) bond motifs is 5. The molecule has 1 amide bonds. The number of rotatable bonds is 22. The van der Waals surface area contributed by atoms with Crippen LogP contribution in [0.2, 0.25) is 0 Å². The van der Waals surface area contributed by atoms with Gasteiger partial charge in [-0.05, 0) is 75.5 Å². The van der Waals surface area contributed by atoms with Crippen LogP contribution in [0.5, 0.6) is 0 Å². The first kappa shape index (κ1) is 42.6. The SMILES string of the molecule is CCC(CCCCC(=O)OCCOCCOCCOCCNC(=O)O[C@@H]1[C@@]2(C(C)C)O[C@H]2O[C@]2(C)[C@@]3(C)CCC4=C(COC4=O)[C@@H]3CC[C@@]12O)SSC.[HH]. The first-order valence-corrected chi connectivity index (χ1v) is 22.0. The van der Waals surface area contributed by atoms with Crippen LogP contribution >= 0.6 is 21.6 Å². The number of carbonyl (C=O) groups is 3. The summed E-state index contributed by atoms with van der Waals surface area (Å²) in [6.07, 6.45) is 6.54. The molecule has 2 N–H and O–H groups in total. The van der Waals surface area contributed by atoms with E-state index >= 15 is 0 Å². The van der Waals surface area contributed by atoms with Crippen LogP contribution in [0.3, 0.4) is 0 Å². The van der Waals surface area contributed by atoms with E-state index in [2.05, 4.69) is 25.4 Å². The molecule has 0 aromatic heterocycles. The molecule has 304 valence electrons. The number of amides is 1. The van der Waals surface area contributed by atoms with E-state index in [9.17, 15) is 19.5 Å². The number of alkyl carbamates (subject to hydrolysis) is 1. The van der Waals surface area contributed by atoms with E-state index in [1.165, 1.54) is 0 Å². The Balaban J connectivity index is 0.00000650. The minimum absolute atomic E-state index is 0. The van der Waals surface area contributed by atoms with Crippen molar-refractivity contribution in [2.75, 3.05) is 65.7 Å². The van der Waals surface area contributed by atoms with E-state index < -0.39 is 40.7 Å². The Bertz CT molecular complexity index is 1320. The maximum Gasteiger partial charge on any atom is 0.407 e. The molecular weight excluding hydrogens is 727 g/mol. The van der Waals surface area contributed by atoms with Crippen LogP contribution in [0.25, 0.3) is 0 Å². The van der Waals surface area contributed by atoms with Crippen molar-refractivity contribution in [3.05, 3.63) is 11.1 Å². The molecule has 0 aromatic rings. The Morgan fingerprint density at radius 2 is 1.72 bits per heavy atom. The number of hydrogen-bond acceptors (Lipinski definition) is 14. The molecule has 15 heteroatoms. The molecule has 53 heavy (non-hydrogen) atoms. The monoisotopic (exact) mass is 789 g/mol. The van der Waals surface area contributed by atoms with Gasteiger partial charge in [-0.15, -0.1) is 0 Å². The molecule has 5 rings (SSSR count). The summed E-state index contributed by atoms with van der Waals surface area (Å²) in [5.41, 5.74) is -2.36. The summed E-state index contributed by atoms with van der Waals surface area (Å²) in [5.74, 6) is -0.515. The molecule has 8 atom stereocenters. The molecule has 2 aliphatic carbocycles. The fraction of sp³-hybridized carbons (Fsp3) is 0.868. The fourth-order valence-corrected chi connectivity index (χ4v) is 11.2. The standard InChI is InChI=1S/C38H61NO12S2.H2/c1-7-26(53-52-6)10-8-9-11-30(40)47-23-22-46-21-20-45-19-18-44-17-16-39-34(42)49-32-37(43)15-13-29-28-24-48-31(41)27(28)12-14-35(29,4)36(37,5)50-33-38(32,51-33)25(2)3;/h25-26,29,32-33,43H,7-24H2,1-6H3,(H,39,42);1H/t26?,29-,32-,33+,35-,36+,37+,38+;/m0./s1. The van der Waals surface area contributed by atoms with E-state index in [0.717, 1.165) is 36.8 Å². The second-order valence-corrected chi connectivity index (χ2v) is 18.2. The van der Waals surface area contributed by atoms with Gasteiger partial charge >= 0.3 is 18.0 Å². The smallest absolute Gasteiger partial charge is 0.407 e. The molecule has 0 aromatic carbocycles. The average molecular weight is 790 g/mol. The number of unbranched alkanes of at least 4 members (excludes halogenated alkanes) is 1. The number of esters is 2. The summed E-state index contributed by atoms with van der Waals surface area (Å²) in [5, 5.41) is 16.0. The van der Waals surface area contributed by atoms with Gasteiger partial charge in [-0.2, -0.15) is 0 Å². The van der Waals surface area contributed by atoms with Crippen LogP contribution < -0.4 is 5.32 Å². The van der Waals surface area contributed by atoms with E-state index in [1.807, 2.05) is 31.6 Å². The fourth-order valence-electron chi connectivity index (χ4n) is 8.99. The molecule has 1 unspecified atom stereocenters. The van der Waals surface area contributed by atoms with Crippen LogP contribution in [-0.2, 0) is 47.5 Å². The number of nitrogens with one attached hydrogen (secondary N) is 1. The third kappa shape index (κ3) is 8.87. The van der Waals surface area contributed by atoms with Crippen molar-refractivity contribution in [2.24, 2.45) is 17.3 Å². The van der Waals surface area contributed by atoms with Gasteiger partial charge in [0.05, 0.1) is 39.6 Å². The number of cyclic esters (lactones) is 1. The summed E-state index contributed by atoms with van der Waals surface area (Å²) in [6.45, 7) is 12.9. The molecule has 5 aliphatic rings. The number of epoxide rings is 1. The number of ether oxygens (including phenoxy) is 8. The van der Waals surface area contributed by atoms with Crippen molar-refractivity contribution >= 4 is 39.6 Å². The van der Waals surface area contributed by atoms with Gasteiger partial charge in [0.25, 0.3) is 0 Å². The highest BCUT2D eigenvalue weighted by Gasteiger charge is 2.83. The molecule has 13 nitrogen and oxygen atoms in total. The molecule has 3 aliphatic heterocycles. The highest BCUT2D eigenvalue weighted by molar-refractivity contribution is 8.76. The summed E-state index contributed by atoms with van der Waals surface area (Å²) < 4.78 is 46.3. The Morgan fingerprint density at radius 1 is 1.02 bits per heavy atom. The lowest BCUT2D eigenvalue weighted by molar-refractivity contribution is -0.326. The van der Waals surface area contributed by atoms with Gasteiger partial charge < -0.3 is 48.3 Å².